The van der Waals surface area contributed by atoms with Crippen molar-refractivity contribution < 1.29 is 13.5 Å². The smallest absolute Gasteiger partial charge is 0.130 e. The minimum Gasteiger partial charge on any atom is -0.497 e. The molecule has 0 aromatic heterocycles. The van der Waals surface area contributed by atoms with Crippen LogP contribution < -0.4 is 10.1 Å². The van der Waals surface area contributed by atoms with E-state index in [9.17, 15) is 8.78 Å². The standard InChI is InChI=1S/C16H17F2NO/c1-11(16-14(17)7-4-8-15(16)18)19-10-12-5-3-6-13(9-12)20-2/h3-9,11,19H,10H2,1-2H3. The molecule has 0 aliphatic heterocycles. The van der Waals surface area contributed by atoms with Gasteiger partial charge in [0.05, 0.1) is 7.11 Å². The van der Waals surface area contributed by atoms with Gasteiger partial charge in [0.15, 0.2) is 0 Å². The van der Waals surface area contributed by atoms with Crippen LogP contribution in [0.4, 0.5) is 8.78 Å². The van der Waals surface area contributed by atoms with Crippen molar-refractivity contribution >= 4 is 0 Å². The van der Waals surface area contributed by atoms with E-state index in [-0.39, 0.29) is 5.56 Å². The summed E-state index contributed by atoms with van der Waals surface area (Å²) in [7, 11) is 1.60. The second-order valence-electron chi connectivity index (χ2n) is 4.59. The van der Waals surface area contributed by atoms with Gasteiger partial charge in [0.25, 0.3) is 0 Å². The molecule has 0 fully saturated rings. The largest absolute Gasteiger partial charge is 0.497 e. The fourth-order valence-corrected chi connectivity index (χ4v) is 2.08. The van der Waals surface area contributed by atoms with Crippen molar-refractivity contribution in [2.45, 2.75) is 19.5 Å². The highest BCUT2D eigenvalue weighted by molar-refractivity contribution is 5.29. The third-order valence-corrected chi connectivity index (χ3v) is 3.18. The summed E-state index contributed by atoms with van der Waals surface area (Å²) in [5.74, 6) is -0.305. The van der Waals surface area contributed by atoms with E-state index in [1.54, 1.807) is 14.0 Å². The van der Waals surface area contributed by atoms with Crippen LogP contribution in [-0.4, -0.2) is 7.11 Å². The summed E-state index contributed by atoms with van der Waals surface area (Å²) in [6.07, 6.45) is 0. The van der Waals surface area contributed by atoms with Gasteiger partial charge in [-0.25, -0.2) is 8.78 Å². The second kappa shape index (κ2) is 6.48. The van der Waals surface area contributed by atoms with Crippen molar-refractivity contribution in [3.63, 3.8) is 0 Å². The zero-order chi connectivity index (χ0) is 14.5. The van der Waals surface area contributed by atoms with Gasteiger partial charge >= 0.3 is 0 Å². The number of nitrogens with one attached hydrogen (secondary N) is 1. The van der Waals surface area contributed by atoms with Gasteiger partial charge in [0.1, 0.15) is 17.4 Å². The Labute approximate surface area is 117 Å². The fraction of sp³-hybridized carbons (Fsp3) is 0.250. The molecule has 2 aromatic carbocycles. The molecule has 4 heteroatoms. The quantitative estimate of drug-likeness (QED) is 0.897. The number of rotatable bonds is 5. The first kappa shape index (κ1) is 14.5. The maximum absolute atomic E-state index is 13.6. The van der Waals surface area contributed by atoms with Gasteiger partial charge in [0.2, 0.25) is 0 Å². The molecule has 1 atom stereocenters. The average molecular weight is 277 g/mol. The van der Waals surface area contributed by atoms with Crippen molar-refractivity contribution in [2.24, 2.45) is 0 Å². The zero-order valence-electron chi connectivity index (χ0n) is 11.5. The van der Waals surface area contributed by atoms with E-state index in [1.165, 1.54) is 18.2 Å². The number of methoxy groups -OCH3 is 1. The monoisotopic (exact) mass is 277 g/mol. The number of benzene rings is 2. The van der Waals surface area contributed by atoms with Crippen LogP contribution in [0.5, 0.6) is 5.75 Å². The Morgan fingerprint density at radius 2 is 1.75 bits per heavy atom. The van der Waals surface area contributed by atoms with Gasteiger partial charge in [-0.1, -0.05) is 18.2 Å². The van der Waals surface area contributed by atoms with Crippen molar-refractivity contribution in [3.05, 3.63) is 65.2 Å². The van der Waals surface area contributed by atoms with E-state index < -0.39 is 17.7 Å². The van der Waals surface area contributed by atoms with Crippen LogP contribution in [0.1, 0.15) is 24.1 Å². The Morgan fingerprint density at radius 1 is 1.10 bits per heavy atom. The first-order valence-electron chi connectivity index (χ1n) is 6.42. The van der Waals surface area contributed by atoms with Crippen molar-refractivity contribution in [1.29, 1.82) is 0 Å². The van der Waals surface area contributed by atoms with E-state index in [2.05, 4.69) is 5.32 Å². The molecule has 0 radical (unpaired) electrons. The number of hydrogen-bond acceptors (Lipinski definition) is 2. The summed E-state index contributed by atoms with van der Waals surface area (Å²) in [4.78, 5) is 0. The molecule has 0 heterocycles. The highest BCUT2D eigenvalue weighted by Gasteiger charge is 2.15. The molecule has 2 rings (SSSR count). The highest BCUT2D eigenvalue weighted by Crippen LogP contribution is 2.21. The Kier molecular flexibility index (Phi) is 4.69. The molecule has 1 unspecified atom stereocenters. The molecule has 2 aromatic rings. The van der Waals surface area contributed by atoms with Crippen LogP contribution in [0.15, 0.2) is 42.5 Å². The minimum absolute atomic E-state index is 0.0652. The molecular formula is C16H17F2NO. The van der Waals surface area contributed by atoms with Gasteiger partial charge in [-0.15, -0.1) is 0 Å². The van der Waals surface area contributed by atoms with Gasteiger partial charge in [-0.05, 0) is 36.8 Å². The van der Waals surface area contributed by atoms with Crippen LogP contribution >= 0.6 is 0 Å². The van der Waals surface area contributed by atoms with E-state index in [1.807, 2.05) is 24.3 Å². The molecule has 106 valence electrons. The molecule has 1 N–H and O–H groups in total. The predicted molar refractivity (Wildman–Crippen MR) is 74.6 cm³/mol. The Morgan fingerprint density at radius 3 is 2.40 bits per heavy atom. The van der Waals surface area contributed by atoms with Gasteiger partial charge < -0.3 is 10.1 Å². The molecule has 0 spiro atoms. The lowest BCUT2D eigenvalue weighted by Gasteiger charge is -2.16. The summed E-state index contributed by atoms with van der Waals surface area (Å²) >= 11 is 0. The topological polar surface area (TPSA) is 21.3 Å². The van der Waals surface area contributed by atoms with Crippen LogP contribution in [0, 0.1) is 11.6 Å². The maximum Gasteiger partial charge on any atom is 0.130 e. The lowest BCUT2D eigenvalue weighted by molar-refractivity contribution is 0.413. The fourth-order valence-electron chi connectivity index (χ4n) is 2.08. The molecular weight excluding hydrogens is 260 g/mol. The first-order chi connectivity index (χ1) is 9.61. The maximum atomic E-state index is 13.6. The number of ether oxygens (including phenoxy) is 1. The molecule has 0 aliphatic rings. The van der Waals surface area contributed by atoms with E-state index in [0.29, 0.717) is 6.54 Å². The summed E-state index contributed by atoms with van der Waals surface area (Å²) in [6, 6.07) is 11.0. The summed E-state index contributed by atoms with van der Waals surface area (Å²) in [5, 5.41) is 3.11. The zero-order valence-corrected chi connectivity index (χ0v) is 11.5. The third-order valence-electron chi connectivity index (χ3n) is 3.18. The predicted octanol–water partition coefficient (Wildman–Crippen LogP) is 3.82. The molecule has 20 heavy (non-hydrogen) atoms. The summed E-state index contributed by atoms with van der Waals surface area (Å²) < 4.78 is 32.4. The normalized spacial score (nSPS) is 12.2. The van der Waals surface area contributed by atoms with Crippen molar-refractivity contribution in [1.82, 2.24) is 5.32 Å². The number of halogens is 2. The van der Waals surface area contributed by atoms with E-state index in [0.717, 1.165) is 11.3 Å². The van der Waals surface area contributed by atoms with Gasteiger partial charge in [-0.2, -0.15) is 0 Å². The van der Waals surface area contributed by atoms with Crippen molar-refractivity contribution in [3.8, 4) is 5.75 Å². The highest BCUT2D eigenvalue weighted by atomic mass is 19.1. The Hall–Kier alpha value is -1.94. The van der Waals surface area contributed by atoms with E-state index in [4.69, 9.17) is 4.74 Å². The lowest BCUT2D eigenvalue weighted by Crippen LogP contribution is -2.20. The van der Waals surface area contributed by atoms with Gasteiger partial charge in [0, 0.05) is 18.2 Å². The van der Waals surface area contributed by atoms with Crippen LogP contribution in [-0.2, 0) is 6.54 Å². The minimum atomic E-state index is -0.532. The first-order valence-corrected chi connectivity index (χ1v) is 6.42. The SMILES string of the molecule is COc1cccc(CNC(C)c2c(F)cccc2F)c1. The Bertz CT molecular complexity index is 566. The molecule has 0 bridgehead atoms. The van der Waals surface area contributed by atoms with E-state index >= 15 is 0 Å². The van der Waals surface area contributed by atoms with Crippen LogP contribution in [0.2, 0.25) is 0 Å². The average Bonchev–Trinajstić information content (AvgIpc) is 2.45. The van der Waals surface area contributed by atoms with Crippen LogP contribution in [0.25, 0.3) is 0 Å². The molecule has 0 saturated heterocycles. The van der Waals surface area contributed by atoms with Gasteiger partial charge in [-0.3, -0.25) is 0 Å². The number of hydrogen-bond donors (Lipinski definition) is 1. The molecule has 0 amide bonds. The summed E-state index contributed by atoms with van der Waals surface area (Å²) in [6.45, 7) is 2.24. The van der Waals surface area contributed by atoms with Crippen LogP contribution in [0.3, 0.4) is 0 Å². The lowest BCUT2D eigenvalue weighted by atomic mass is 10.1. The molecule has 0 aliphatic carbocycles. The molecule has 0 saturated carbocycles. The third kappa shape index (κ3) is 3.33. The summed E-state index contributed by atoms with van der Waals surface area (Å²) in [5.41, 5.74) is 1.06. The second-order valence-corrected chi connectivity index (χ2v) is 4.59. The Balaban J connectivity index is 2.06. The van der Waals surface area contributed by atoms with Crippen molar-refractivity contribution in [2.75, 3.05) is 7.11 Å². The molecule has 2 nitrogen and oxygen atoms in total.